The van der Waals surface area contributed by atoms with Crippen molar-refractivity contribution in [1.29, 1.82) is 0 Å². The maximum atomic E-state index is 14.9. The molecule has 0 radical (unpaired) electrons. The molecule has 0 saturated carbocycles. The second-order valence-electron chi connectivity index (χ2n) is 7.36. The molecular formula is C27H26NOP. The molecule has 0 heterocycles. The maximum absolute atomic E-state index is 14.9. The second kappa shape index (κ2) is 9.71. The number of hydrogen-bond donors (Lipinski definition) is 0. The van der Waals surface area contributed by atoms with Crippen LogP contribution >= 0.6 is 7.29 Å². The van der Waals surface area contributed by atoms with Crippen molar-refractivity contribution >= 4 is 17.9 Å². The maximum Gasteiger partial charge on any atom is 0.207 e. The second-order valence-corrected chi connectivity index (χ2v) is 10.1. The molecule has 0 aliphatic carbocycles. The Bertz CT molecular complexity index is 1040. The van der Waals surface area contributed by atoms with Gasteiger partial charge in [-0.3, -0.25) is 4.57 Å². The first-order valence-electron chi connectivity index (χ1n) is 10.3. The highest BCUT2D eigenvalue weighted by Crippen LogP contribution is 2.48. The summed E-state index contributed by atoms with van der Waals surface area (Å²) in [4.78, 5) is 0. The van der Waals surface area contributed by atoms with E-state index in [9.17, 15) is 4.57 Å². The number of rotatable bonds is 8. The Morgan fingerprint density at radius 2 is 0.933 bits per heavy atom. The fraction of sp³-hybridized carbons (Fsp3) is 0.111. The summed E-state index contributed by atoms with van der Waals surface area (Å²) in [5.41, 5.74) is 2.42. The lowest BCUT2D eigenvalue weighted by Crippen LogP contribution is -2.33. The van der Waals surface area contributed by atoms with E-state index in [1.54, 1.807) is 0 Å². The molecule has 0 fully saturated rings. The Morgan fingerprint density at radius 3 is 1.40 bits per heavy atom. The van der Waals surface area contributed by atoms with Gasteiger partial charge in [-0.1, -0.05) is 97.1 Å². The van der Waals surface area contributed by atoms with Crippen LogP contribution in [-0.2, 0) is 17.5 Å². The highest BCUT2D eigenvalue weighted by molar-refractivity contribution is 7.76. The van der Waals surface area contributed by atoms with Crippen LogP contribution in [0.2, 0.25) is 0 Å². The minimum atomic E-state index is -3.00. The molecule has 0 bridgehead atoms. The molecule has 3 heteroatoms. The average Bonchev–Trinajstić information content (AvgIpc) is 2.83. The molecule has 0 atom stereocenters. The van der Waals surface area contributed by atoms with Crippen LogP contribution in [0.4, 0.5) is 0 Å². The molecule has 0 amide bonds. The Morgan fingerprint density at radius 1 is 0.533 bits per heavy atom. The van der Waals surface area contributed by atoms with Crippen molar-refractivity contribution in [3.05, 3.63) is 132 Å². The van der Waals surface area contributed by atoms with Gasteiger partial charge < -0.3 is 0 Å². The van der Waals surface area contributed by atoms with Gasteiger partial charge >= 0.3 is 0 Å². The van der Waals surface area contributed by atoms with Crippen LogP contribution in [0.5, 0.6) is 0 Å². The van der Waals surface area contributed by atoms with Gasteiger partial charge in [0.05, 0.1) is 0 Å². The van der Waals surface area contributed by atoms with Gasteiger partial charge in [-0.15, -0.1) is 0 Å². The van der Waals surface area contributed by atoms with E-state index in [1.165, 1.54) is 5.56 Å². The Labute approximate surface area is 179 Å². The van der Waals surface area contributed by atoms with Gasteiger partial charge in [0.1, 0.15) is 0 Å². The quantitative estimate of drug-likeness (QED) is 0.349. The van der Waals surface area contributed by atoms with Crippen molar-refractivity contribution in [3.63, 3.8) is 0 Å². The van der Waals surface area contributed by atoms with Crippen molar-refractivity contribution in [2.24, 2.45) is 0 Å². The van der Waals surface area contributed by atoms with Gasteiger partial charge in [0, 0.05) is 23.7 Å². The third-order valence-corrected chi connectivity index (χ3v) is 8.45. The van der Waals surface area contributed by atoms with Gasteiger partial charge in [0.15, 0.2) is 0 Å². The first kappa shape index (κ1) is 20.3. The van der Waals surface area contributed by atoms with Crippen LogP contribution < -0.4 is 10.6 Å². The van der Waals surface area contributed by atoms with E-state index in [-0.39, 0.29) is 0 Å². The molecule has 0 unspecified atom stereocenters. The summed E-state index contributed by atoms with van der Waals surface area (Å²) in [5, 5.41) is 1.75. The average molecular weight is 411 g/mol. The lowest BCUT2D eigenvalue weighted by Gasteiger charge is -2.33. The van der Waals surface area contributed by atoms with E-state index in [0.717, 1.165) is 22.6 Å². The third kappa shape index (κ3) is 4.62. The molecule has 0 aliphatic heterocycles. The minimum Gasteiger partial charge on any atom is -0.296 e. The summed E-state index contributed by atoms with van der Waals surface area (Å²) in [7, 11) is -3.00. The molecule has 150 valence electrons. The SMILES string of the molecule is O=P(c1ccccc1)(c1ccccc1)N(CCc1ccccc1)Cc1ccccc1. The molecule has 4 aromatic rings. The molecule has 30 heavy (non-hydrogen) atoms. The van der Waals surface area contributed by atoms with Crippen LogP contribution in [0.3, 0.4) is 0 Å². The van der Waals surface area contributed by atoms with Gasteiger partial charge in [-0.25, -0.2) is 4.67 Å². The van der Waals surface area contributed by atoms with Crippen molar-refractivity contribution in [2.75, 3.05) is 6.54 Å². The van der Waals surface area contributed by atoms with E-state index in [0.29, 0.717) is 13.1 Å². The van der Waals surface area contributed by atoms with E-state index < -0.39 is 7.29 Å². The highest BCUT2D eigenvalue weighted by atomic mass is 31.2. The van der Waals surface area contributed by atoms with Crippen LogP contribution in [0, 0.1) is 0 Å². The van der Waals surface area contributed by atoms with E-state index >= 15 is 0 Å². The molecule has 4 rings (SSSR count). The van der Waals surface area contributed by atoms with Gasteiger partial charge in [-0.05, 0) is 41.8 Å². The molecule has 0 spiro atoms. The topological polar surface area (TPSA) is 20.3 Å². The number of nitrogens with zero attached hydrogens (tertiary/aromatic N) is 1. The first-order valence-corrected chi connectivity index (χ1v) is 12.0. The van der Waals surface area contributed by atoms with Gasteiger partial charge in [0.2, 0.25) is 7.29 Å². The van der Waals surface area contributed by atoms with Crippen molar-refractivity contribution in [1.82, 2.24) is 4.67 Å². The molecular weight excluding hydrogens is 385 g/mol. The van der Waals surface area contributed by atoms with Crippen LogP contribution in [-0.4, -0.2) is 11.2 Å². The summed E-state index contributed by atoms with van der Waals surface area (Å²) in [6.07, 6.45) is 0.845. The Balaban J connectivity index is 1.77. The molecule has 0 aliphatic rings. The number of benzene rings is 4. The van der Waals surface area contributed by atoms with Gasteiger partial charge in [0.25, 0.3) is 0 Å². The monoisotopic (exact) mass is 411 g/mol. The van der Waals surface area contributed by atoms with Crippen LogP contribution in [0.1, 0.15) is 11.1 Å². The molecule has 2 nitrogen and oxygen atoms in total. The third-order valence-electron chi connectivity index (χ3n) is 5.32. The summed E-state index contributed by atoms with van der Waals surface area (Å²) >= 11 is 0. The lowest BCUT2D eigenvalue weighted by atomic mass is 10.1. The smallest absolute Gasteiger partial charge is 0.207 e. The van der Waals surface area contributed by atoms with Crippen LogP contribution in [0.15, 0.2) is 121 Å². The summed E-state index contributed by atoms with van der Waals surface area (Å²) in [6.45, 7) is 1.34. The predicted octanol–water partition coefficient (Wildman–Crippen LogP) is 5.66. The van der Waals surface area contributed by atoms with Crippen molar-refractivity contribution < 1.29 is 4.57 Å². The fourth-order valence-corrected chi connectivity index (χ4v) is 6.60. The summed E-state index contributed by atoms with van der Waals surface area (Å²) < 4.78 is 17.0. The van der Waals surface area contributed by atoms with Gasteiger partial charge in [-0.2, -0.15) is 0 Å². The molecule has 0 saturated heterocycles. The molecule has 4 aromatic carbocycles. The van der Waals surface area contributed by atoms with Crippen LogP contribution in [0.25, 0.3) is 0 Å². The Hall–Kier alpha value is -2.93. The standard InChI is InChI=1S/C27H26NOP/c29-30(26-17-9-3-10-18-26,27-19-11-4-12-20-27)28(23-25-15-7-2-8-16-25)22-21-24-13-5-1-6-14-24/h1-20H,21-23H2. The Kier molecular flexibility index (Phi) is 6.59. The first-order chi connectivity index (χ1) is 14.8. The lowest BCUT2D eigenvalue weighted by molar-refractivity contribution is 0.420. The zero-order valence-electron chi connectivity index (χ0n) is 17.0. The van der Waals surface area contributed by atoms with Crippen molar-refractivity contribution in [2.45, 2.75) is 13.0 Å². The summed E-state index contributed by atoms with van der Waals surface area (Å²) in [5.74, 6) is 0. The molecule has 0 aromatic heterocycles. The fourth-order valence-electron chi connectivity index (χ4n) is 3.75. The van der Waals surface area contributed by atoms with E-state index in [4.69, 9.17) is 0 Å². The zero-order valence-corrected chi connectivity index (χ0v) is 17.9. The van der Waals surface area contributed by atoms with Crippen molar-refractivity contribution in [3.8, 4) is 0 Å². The zero-order chi connectivity index (χ0) is 20.7. The summed E-state index contributed by atoms with van der Waals surface area (Å²) in [6, 6.07) is 40.6. The predicted molar refractivity (Wildman–Crippen MR) is 127 cm³/mol. The minimum absolute atomic E-state index is 0.634. The normalized spacial score (nSPS) is 11.5. The number of hydrogen-bond acceptors (Lipinski definition) is 1. The van der Waals surface area contributed by atoms with E-state index in [1.807, 2.05) is 84.9 Å². The van der Waals surface area contributed by atoms with E-state index in [2.05, 4.69) is 41.1 Å². The molecule has 0 N–H and O–H groups in total. The highest BCUT2D eigenvalue weighted by Gasteiger charge is 2.34. The largest absolute Gasteiger partial charge is 0.296 e.